The molecule has 1 aliphatic rings. The van der Waals surface area contributed by atoms with Crippen molar-refractivity contribution in [1.29, 1.82) is 0 Å². The van der Waals surface area contributed by atoms with E-state index in [1.807, 2.05) is 12.1 Å². The van der Waals surface area contributed by atoms with Gasteiger partial charge in [0.1, 0.15) is 5.75 Å². The molecule has 1 heterocycles. The van der Waals surface area contributed by atoms with Crippen molar-refractivity contribution >= 4 is 0 Å². The van der Waals surface area contributed by atoms with Crippen molar-refractivity contribution in [2.45, 2.75) is 32.2 Å². The van der Waals surface area contributed by atoms with Gasteiger partial charge in [-0.25, -0.2) is 0 Å². The first-order valence-electron chi connectivity index (χ1n) is 5.65. The molecule has 1 aliphatic heterocycles. The third-order valence-electron chi connectivity index (χ3n) is 3.35. The van der Waals surface area contributed by atoms with Crippen LogP contribution in [0, 0.1) is 5.92 Å². The number of nitrogens with two attached hydrogens (primary N) is 1. The average Bonchev–Trinajstić information content (AvgIpc) is 2.62. The second-order valence-electron chi connectivity index (χ2n) is 4.62. The predicted octanol–water partition coefficient (Wildman–Crippen LogP) is 2.54. The summed E-state index contributed by atoms with van der Waals surface area (Å²) in [5.74, 6) is 2.13. The van der Waals surface area contributed by atoms with Crippen LogP contribution in [0.5, 0.6) is 5.75 Å². The van der Waals surface area contributed by atoms with Crippen LogP contribution in [0.15, 0.2) is 24.3 Å². The lowest BCUT2D eigenvalue weighted by Gasteiger charge is -2.18. The summed E-state index contributed by atoms with van der Waals surface area (Å²) in [5, 5.41) is 0. The molecule has 0 bridgehead atoms. The SMILES string of the molecule is CC(N)C(C)CC1COc2ccccc21. The Morgan fingerprint density at radius 3 is 2.87 bits per heavy atom. The molecule has 3 atom stereocenters. The molecule has 15 heavy (non-hydrogen) atoms. The van der Waals surface area contributed by atoms with E-state index in [0.29, 0.717) is 11.8 Å². The first-order chi connectivity index (χ1) is 7.18. The third-order valence-corrected chi connectivity index (χ3v) is 3.35. The number of para-hydroxylation sites is 1. The largest absolute Gasteiger partial charge is 0.493 e. The summed E-state index contributed by atoms with van der Waals surface area (Å²) < 4.78 is 5.65. The summed E-state index contributed by atoms with van der Waals surface area (Å²) in [6.45, 7) is 5.11. The normalized spacial score (nSPS) is 23.0. The van der Waals surface area contributed by atoms with Crippen molar-refractivity contribution in [3.63, 3.8) is 0 Å². The van der Waals surface area contributed by atoms with Crippen molar-refractivity contribution in [3.8, 4) is 5.75 Å². The van der Waals surface area contributed by atoms with E-state index in [1.165, 1.54) is 5.56 Å². The Labute approximate surface area is 91.4 Å². The maximum absolute atomic E-state index is 5.89. The van der Waals surface area contributed by atoms with Crippen molar-refractivity contribution < 1.29 is 4.74 Å². The molecule has 1 aromatic carbocycles. The zero-order chi connectivity index (χ0) is 10.8. The van der Waals surface area contributed by atoms with E-state index in [-0.39, 0.29) is 6.04 Å². The van der Waals surface area contributed by atoms with Crippen LogP contribution in [-0.2, 0) is 0 Å². The van der Waals surface area contributed by atoms with Crippen LogP contribution in [0.2, 0.25) is 0 Å². The molecule has 0 spiro atoms. The minimum absolute atomic E-state index is 0.262. The highest BCUT2D eigenvalue weighted by atomic mass is 16.5. The van der Waals surface area contributed by atoms with Gasteiger partial charge in [0, 0.05) is 17.5 Å². The van der Waals surface area contributed by atoms with E-state index in [2.05, 4.69) is 26.0 Å². The third kappa shape index (κ3) is 2.15. The molecule has 3 unspecified atom stereocenters. The van der Waals surface area contributed by atoms with Crippen molar-refractivity contribution in [1.82, 2.24) is 0 Å². The number of fused-ring (bicyclic) bond motifs is 1. The van der Waals surface area contributed by atoms with Gasteiger partial charge >= 0.3 is 0 Å². The first-order valence-corrected chi connectivity index (χ1v) is 5.65. The van der Waals surface area contributed by atoms with Crippen LogP contribution in [0.1, 0.15) is 31.7 Å². The second kappa shape index (κ2) is 4.23. The Bertz CT molecular complexity index is 335. The van der Waals surface area contributed by atoms with Crippen LogP contribution in [0.25, 0.3) is 0 Å². The average molecular weight is 205 g/mol. The number of benzene rings is 1. The van der Waals surface area contributed by atoms with Gasteiger partial charge in [-0.3, -0.25) is 0 Å². The standard InChI is InChI=1S/C13H19NO/c1-9(10(2)14)7-11-8-15-13-6-4-3-5-12(11)13/h3-6,9-11H,7-8,14H2,1-2H3. The van der Waals surface area contributed by atoms with Gasteiger partial charge in [-0.05, 0) is 25.3 Å². The van der Waals surface area contributed by atoms with E-state index in [9.17, 15) is 0 Å². The number of rotatable bonds is 3. The molecule has 2 rings (SSSR count). The van der Waals surface area contributed by atoms with Gasteiger partial charge in [0.2, 0.25) is 0 Å². The number of ether oxygens (including phenoxy) is 1. The van der Waals surface area contributed by atoms with E-state index < -0.39 is 0 Å². The molecule has 0 saturated carbocycles. The van der Waals surface area contributed by atoms with E-state index in [4.69, 9.17) is 10.5 Å². The fourth-order valence-corrected chi connectivity index (χ4v) is 2.09. The Morgan fingerprint density at radius 1 is 1.40 bits per heavy atom. The molecule has 0 amide bonds. The van der Waals surface area contributed by atoms with E-state index in [1.54, 1.807) is 0 Å². The predicted molar refractivity (Wildman–Crippen MR) is 62.1 cm³/mol. The maximum Gasteiger partial charge on any atom is 0.122 e. The lowest BCUT2D eigenvalue weighted by molar-refractivity contribution is 0.302. The molecule has 0 aromatic heterocycles. The van der Waals surface area contributed by atoms with Gasteiger partial charge in [-0.1, -0.05) is 25.1 Å². The Balaban J connectivity index is 2.08. The van der Waals surface area contributed by atoms with Crippen LogP contribution in [0.4, 0.5) is 0 Å². The van der Waals surface area contributed by atoms with E-state index in [0.717, 1.165) is 18.8 Å². The molecule has 0 fully saturated rings. The van der Waals surface area contributed by atoms with Gasteiger partial charge in [0.25, 0.3) is 0 Å². The topological polar surface area (TPSA) is 35.2 Å². The molecular formula is C13H19NO. The fourth-order valence-electron chi connectivity index (χ4n) is 2.09. The molecule has 2 heteroatoms. The Hall–Kier alpha value is -1.02. The molecule has 0 saturated heterocycles. The van der Waals surface area contributed by atoms with Crippen LogP contribution < -0.4 is 10.5 Å². The highest BCUT2D eigenvalue weighted by Gasteiger charge is 2.25. The highest BCUT2D eigenvalue weighted by Crippen LogP contribution is 2.37. The summed E-state index contributed by atoms with van der Waals surface area (Å²) in [6.07, 6.45) is 1.12. The van der Waals surface area contributed by atoms with Crippen molar-refractivity contribution in [2.75, 3.05) is 6.61 Å². The molecule has 0 radical (unpaired) electrons. The van der Waals surface area contributed by atoms with Crippen LogP contribution in [0.3, 0.4) is 0 Å². The monoisotopic (exact) mass is 205 g/mol. The smallest absolute Gasteiger partial charge is 0.122 e. The minimum atomic E-state index is 0.262. The fraction of sp³-hybridized carbons (Fsp3) is 0.538. The number of hydrogen-bond acceptors (Lipinski definition) is 2. The van der Waals surface area contributed by atoms with Gasteiger partial charge in [0.05, 0.1) is 6.61 Å². The van der Waals surface area contributed by atoms with Gasteiger partial charge in [-0.15, -0.1) is 0 Å². The lowest BCUT2D eigenvalue weighted by Crippen LogP contribution is -2.26. The second-order valence-corrected chi connectivity index (χ2v) is 4.62. The first kappa shape index (κ1) is 10.5. The number of hydrogen-bond donors (Lipinski definition) is 1. The van der Waals surface area contributed by atoms with Crippen molar-refractivity contribution in [3.05, 3.63) is 29.8 Å². The van der Waals surface area contributed by atoms with E-state index >= 15 is 0 Å². The zero-order valence-corrected chi connectivity index (χ0v) is 9.44. The quantitative estimate of drug-likeness (QED) is 0.823. The summed E-state index contributed by atoms with van der Waals surface area (Å²) in [7, 11) is 0. The highest BCUT2D eigenvalue weighted by molar-refractivity contribution is 5.39. The van der Waals surface area contributed by atoms with Gasteiger partial charge in [-0.2, -0.15) is 0 Å². The van der Waals surface area contributed by atoms with Gasteiger partial charge < -0.3 is 10.5 Å². The molecular weight excluding hydrogens is 186 g/mol. The van der Waals surface area contributed by atoms with Crippen LogP contribution in [-0.4, -0.2) is 12.6 Å². The summed E-state index contributed by atoms with van der Waals surface area (Å²) in [4.78, 5) is 0. The Morgan fingerprint density at radius 2 is 2.13 bits per heavy atom. The van der Waals surface area contributed by atoms with Crippen LogP contribution >= 0.6 is 0 Å². The van der Waals surface area contributed by atoms with Crippen molar-refractivity contribution in [2.24, 2.45) is 11.7 Å². The molecule has 2 nitrogen and oxygen atoms in total. The zero-order valence-electron chi connectivity index (χ0n) is 9.44. The summed E-state index contributed by atoms with van der Waals surface area (Å²) in [5.41, 5.74) is 7.25. The molecule has 1 aromatic rings. The lowest BCUT2D eigenvalue weighted by atomic mass is 9.88. The summed E-state index contributed by atoms with van der Waals surface area (Å²) in [6, 6.07) is 8.58. The summed E-state index contributed by atoms with van der Waals surface area (Å²) >= 11 is 0. The molecule has 2 N–H and O–H groups in total. The maximum atomic E-state index is 5.89. The molecule has 82 valence electrons. The Kier molecular flexibility index (Phi) is 2.96. The molecule has 0 aliphatic carbocycles. The minimum Gasteiger partial charge on any atom is -0.493 e. The van der Waals surface area contributed by atoms with Gasteiger partial charge in [0.15, 0.2) is 0 Å².